The van der Waals surface area contributed by atoms with Crippen molar-refractivity contribution < 1.29 is 17.6 Å². The van der Waals surface area contributed by atoms with Crippen molar-refractivity contribution in [3.63, 3.8) is 0 Å². The minimum atomic E-state index is -4.77. The second-order valence-electron chi connectivity index (χ2n) is 2.36. The van der Waals surface area contributed by atoms with Gasteiger partial charge in [0.25, 0.3) is 0 Å². The lowest BCUT2D eigenvalue weighted by Crippen LogP contribution is -2.09. The Balaban J connectivity index is 3.37. The SMILES string of the molecule is Nc1cc(Cl)c(F)c(C(F)(F)F)c1. The monoisotopic (exact) mass is 213 g/mol. The maximum absolute atomic E-state index is 12.8. The van der Waals surface area contributed by atoms with E-state index in [1.54, 1.807) is 0 Å². The van der Waals surface area contributed by atoms with Gasteiger partial charge < -0.3 is 5.73 Å². The average molecular weight is 214 g/mol. The van der Waals surface area contributed by atoms with Gasteiger partial charge in [-0.25, -0.2) is 4.39 Å². The van der Waals surface area contributed by atoms with E-state index < -0.39 is 22.6 Å². The van der Waals surface area contributed by atoms with Gasteiger partial charge in [0.2, 0.25) is 0 Å². The van der Waals surface area contributed by atoms with E-state index >= 15 is 0 Å². The maximum atomic E-state index is 12.8. The minimum absolute atomic E-state index is 0.223. The van der Waals surface area contributed by atoms with Gasteiger partial charge in [0.1, 0.15) is 0 Å². The summed E-state index contributed by atoms with van der Waals surface area (Å²) in [7, 11) is 0. The highest BCUT2D eigenvalue weighted by Crippen LogP contribution is 2.35. The highest BCUT2D eigenvalue weighted by molar-refractivity contribution is 6.31. The zero-order valence-corrected chi connectivity index (χ0v) is 6.88. The van der Waals surface area contributed by atoms with E-state index in [-0.39, 0.29) is 5.69 Å². The lowest BCUT2D eigenvalue weighted by atomic mass is 10.2. The first kappa shape index (κ1) is 10.1. The summed E-state index contributed by atoms with van der Waals surface area (Å²) in [6.07, 6.45) is -4.77. The molecule has 1 nitrogen and oxygen atoms in total. The molecule has 0 aliphatic heterocycles. The Bertz CT molecular complexity index is 334. The summed E-state index contributed by atoms with van der Waals surface area (Å²) in [6.45, 7) is 0. The molecule has 0 atom stereocenters. The van der Waals surface area contributed by atoms with Gasteiger partial charge in [-0.05, 0) is 12.1 Å². The summed E-state index contributed by atoms with van der Waals surface area (Å²) in [5, 5.41) is -0.632. The third kappa shape index (κ3) is 2.03. The van der Waals surface area contributed by atoms with Gasteiger partial charge in [-0.2, -0.15) is 13.2 Å². The van der Waals surface area contributed by atoms with Gasteiger partial charge in [-0.1, -0.05) is 11.6 Å². The van der Waals surface area contributed by atoms with Crippen LogP contribution in [0.25, 0.3) is 0 Å². The van der Waals surface area contributed by atoms with Crippen LogP contribution in [0.2, 0.25) is 5.02 Å². The summed E-state index contributed by atoms with van der Waals surface area (Å²) in [4.78, 5) is 0. The van der Waals surface area contributed by atoms with Gasteiger partial charge >= 0.3 is 6.18 Å². The van der Waals surface area contributed by atoms with E-state index in [2.05, 4.69) is 0 Å². The van der Waals surface area contributed by atoms with Crippen LogP contribution in [0.1, 0.15) is 5.56 Å². The molecule has 0 radical (unpaired) electrons. The topological polar surface area (TPSA) is 26.0 Å². The van der Waals surface area contributed by atoms with E-state index in [1.807, 2.05) is 0 Å². The number of hydrogen-bond donors (Lipinski definition) is 1. The summed E-state index contributed by atoms with van der Waals surface area (Å²) in [5.74, 6) is -1.50. The van der Waals surface area contributed by atoms with Crippen LogP contribution in [-0.2, 0) is 6.18 Å². The number of nitrogens with two attached hydrogens (primary N) is 1. The standard InChI is InChI=1S/C7H4ClF4N/c8-5-2-3(13)1-4(6(5)9)7(10,11)12/h1-2H,13H2. The Kier molecular flexibility index (Phi) is 2.38. The second kappa shape index (κ2) is 3.06. The maximum Gasteiger partial charge on any atom is 0.419 e. The molecule has 1 aromatic carbocycles. The van der Waals surface area contributed by atoms with Crippen molar-refractivity contribution in [1.29, 1.82) is 0 Å². The van der Waals surface area contributed by atoms with E-state index in [0.717, 1.165) is 6.07 Å². The number of anilines is 1. The van der Waals surface area contributed by atoms with E-state index in [9.17, 15) is 17.6 Å². The van der Waals surface area contributed by atoms with Crippen LogP contribution in [0.5, 0.6) is 0 Å². The third-order valence-electron chi connectivity index (χ3n) is 1.36. The highest BCUT2D eigenvalue weighted by Gasteiger charge is 2.35. The van der Waals surface area contributed by atoms with Crippen molar-refractivity contribution >= 4 is 17.3 Å². The third-order valence-corrected chi connectivity index (χ3v) is 1.63. The molecule has 0 saturated carbocycles. The van der Waals surface area contributed by atoms with Gasteiger partial charge in [-0.3, -0.25) is 0 Å². The Morgan fingerprint density at radius 2 is 1.77 bits per heavy atom. The van der Waals surface area contributed by atoms with Crippen molar-refractivity contribution in [3.05, 3.63) is 28.5 Å². The fourth-order valence-corrected chi connectivity index (χ4v) is 1.04. The van der Waals surface area contributed by atoms with Crippen LogP contribution in [-0.4, -0.2) is 0 Å². The normalized spacial score (nSPS) is 11.8. The Labute approximate surface area is 76.1 Å². The van der Waals surface area contributed by atoms with Crippen LogP contribution in [0.15, 0.2) is 12.1 Å². The van der Waals surface area contributed by atoms with Gasteiger partial charge in [0.15, 0.2) is 5.82 Å². The van der Waals surface area contributed by atoms with Crippen molar-refractivity contribution in [1.82, 2.24) is 0 Å². The predicted octanol–water partition coefficient (Wildman–Crippen LogP) is 3.08. The molecular weight excluding hydrogens is 210 g/mol. The number of hydrogen-bond acceptors (Lipinski definition) is 1. The molecule has 0 bridgehead atoms. The smallest absolute Gasteiger partial charge is 0.399 e. The number of halogens is 5. The predicted molar refractivity (Wildman–Crippen MR) is 40.8 cm³/mol. The molecule has 0 unspecified atom stereocenters. The highest BCUT2D eigenvalue weighted by atomic mass is 35.5. The Hall–Kier alpha value is -0.970. The van der Waals surface area contributed by atoms with Crippen LogP contribution < -0.4 is 5.73 Å². The molecule has 0 aliphatic rings. The van der Waals surface area contributed by atoms with Crippen LogP contribution in [0, 0.1) is 5.82 Å². The van der Waals surface area contributed by atoms with Gasteiger partial charge in [0, 0.05) is 5.69 Å². The molecule has 0 spiro atoms. The molecule has 13 heavy (non-hydrogen) atoms. The van der Waals surface area contributed by atoms with Gasteiger partial charge in [-0.15, -0.1) is 0 Å². The van der Waals surface area contributed by atoms with Crippen LogP contribution >= 0.6 is 11.6 Å². The zero-order chi connectivity index (χ0) is 10.2. The molecular formula is C7H4ClF4N. The number of nitrogen functional groups attached to an aromatic ring is 1. The quantitative estimate of drug-likeness (QED) is 0.520. The molecule has 1 rings (SSSR count). The zero-order valence-electron chi connectivity index (χ0n) is 6.12. The molecule has 0 aliphatic carbocycles. The molecule has 6 heteroatoms. The number of benzene rings is 1. The fraction of sp³-hybridized carbons (Fsp3) is 0.143. The first-order valence-electron chi connectivity index (χ1n) is 3.14. The van der Waals surface area contributed by atoms with Crippen molar-refractivity contribution in [2.75, 3.05) is 5.73 Å². The van der Waals surface area contributed by atoms with Crippen LogP contribution in [0.3, 0.4) is 0 Å². The second-order valence-corrected chi connectivity index (χ2v) is 2.77. The lowest BCUT2D eigenvalue weighted by molar-refractivity contribution is -0.139. The molecule has 0 saturated heterocycles. The van der Waals surface area contributed by atoms with Gasteiger partial charge in [0.05, 0.1) is 10.6 Å². The summed E-state index contributed by atoms with van der Waals surface area (Å²) in [5.41, 5.74) is 3.40. The lowest BCUT2D eigenvalue weighted by Gasteiger charge is -2.09. The van der Waals surface area contributed by atoms with Crippen molar-refractivity contribution in [3.8, 4) is 0 Å². The number of alkyl halides is 3. The molecule has 0 heterocycles. The van der Waals surface area contributed by atoms with Crippen LogP contribution in [0.4, 0.5) is 23.2 Å². The summed E-state index contributed by atoms with van der Waals surface area (Å²) >= 11 is 5.17. The Morgan fingerprint density at radius 3 is 2.23 bits per heavy atom. The molecule has 0 fully saturated rings. The first-order valence-corrected chi connectivity index (χ1v) is 3.52. The van der Waals surface area contributed by atoms with E-state index in [0.29, 0.717) is 6.07 Å². The fourth-order valence-electron chi connectivity index (χ4n) is 0.816. The largest absolute Gasteiger partial charge is 0.419 e. The van der Waals surface area contributed by atoms with Crippen molar-refractivity contribution in [2.45, 2.75) is 6.18 Å². The van der Waals surface area contributed by atoms with E-state index in [1.165, 1.54) is 0 Å². The number of rotatable bonds is 0. The molecule has 0 aromatic heterocycles. The summed E-state index contributed by atoms with van der Waals surface area (Å²) in [6, 6.07) is 1.42. The molecule has 2 N–H and O–H groups in total. The minimum Gasteiger partial charge on any atom is -0.399 e. The summed E-state index contributed by atoms with van der Waals surface area (Å²) < 4.78 is 48.9. The average Bonchev–Trinajstić information content (AvgIpc) is 1.94. The molecule has 0 amide bonds. The first-order chi connectivity index (χ1) is 5.82. The van der Waals surface area contributed by atoms with E-state index in [4.69, 9.17) is 17.3 Å². The Morgan fingerprint density at radius 1 is 1.23 bits per heavy atom. The molecule has 72 valence electrons. The van der Waals surface area contributed by atoms with Crippen molar-refractivity contribution in [2.24, 2.45) is 0 Å². The molecule has 1 aromatic rings.